The van der Waals surface area contributed by atoms with Crippen LogP contribution in [0.1, 0.15) is 44.4 Å². The third-order valence-electron chi connectivity index (χ3n) is 4.64. The first-order valence-corrected chi connectivity index (χ1v) is 11.5. The van der Waals surface area contributed by atoms with Crippen LogP contribution in [0, 0.1) is 0 Å². The zero-order chi connectivity index (χ0) is 20.9. The molecule has 7 heteroatoms. The third kappa shape index (κ3) is 5.49. The van der Waals surface area contributed by atoms with E-state index in [4.69, 9.17) is 11.6 Å². The number of amides is 1. The molecule has 1 N–H and O–H groups in total. The Morgan fingerprint density at radius 1 is 1.14 bits per heavy atom. The van der Waals surface area contributed by atoms with Crippen molar-refractivity contribution in [3.05, 3.63) is 64.7 Å². The molecule has 5 nitrogen and oxygen atoms in total. The number of carbonyl (C=O) groups excluding carboxylic acids is 1. The van der Waals surface area contributed by atoms with Crippen LogP contribution in [0.3, 0.4) is 0 Å². The number of sulfonamides is 1. The summed E-state index contributed by atoms with van der Waals surface area (Å²) < 4.78 is 26.1. The number of hydrogen-bond acceptors (Lipinski definition) is 3. The molecule has 0 heterocycles. The van der Waals surface area contributed by atoms with Crippen molar-refractivity contribution in [2.75, 3.05) is 10.6 Å². The smallest absolute Gasteiger partial charge is 0.244 e. The molecule has 0 bridgehead atoms. The van der Waals surface area contributed by atoms with Crippen molar-refractivity contribution in [2.24, 2.45) is 0 Å². The maximum Gasteiger partial charge on any atom is 0.244 e. The van der Waals surface area contributed by atoms with Gasteiger partial charge >= 0.3 is 0 Å². The van der Waals surface area contributed by atoms with Crippen molar-refractivity contribution in [2.45, 2.75) is 45.7 Å². The molecule has 0 spiro atoms. The summed E-state index contributed by atoms with van der Waals surface area (Å²) in [6.07, 6.45) is 2.37. The molecule has 0 unspecified atom stereocenters. The fourth-order valence-corrected chi connectivity index (χ4v) is 4.50. The van der Waals surface area contributed by atoms with Gasteiger partial charge in [0.15, 0.2) is 0 Å². The van der Waals surface area contributed by atoms with Gasteiger partial charge in [0.05, 0.1) is 18.0 Å². The van der Waals surface area contributed by atoms with Gasteiger partial charge in [0.2, 0.25) is 15.9 Å². The van der Waals surface area contributed by atoms with Gasteiger partial charge in [0.1, 0.15) is 6.04 Å². The molecule has 0 radical (unpaired) electrons. The second-order valence-electron chi connectivity index (χ2n) is 6.79. The molecule has 2 aromatic rings. The lowest BCUT2D eigenvalue weighted by molar-refractivity contribution is -0.122. The fourth-order valence-electron chi connectivity index (χ4n) is 3.11. The summed E-state index contributed by atoms with van der Waals surface area (Å²) in [5.41, 5.74) is 2.56. The first-order chi connectivity index (χ1) is 13.2. The van der Waals surface area contributed by atoms with Gasteiger partial charge in [0, 0.05) is 5.02 Å². The number of anilines is 1. The molecule has 0 aliphatic heterocycles. The topological polar surface area (TPSA) is 66.5 Å². The van der Waals surface area contributed by atoms with E-state index in [1.807, 2.05) is 31.2 Å². The van der Waals surface area contributed by atoms with Crippen molar-refractivity contribution in [3.8, 4) is 0 Å². The Bertz CT molecular complexity index is 914. The van der Waals surface area contributed by atoms with E-state index < -0.39 is 16.1 Å². The van der Waals surface area contributed by atoms with Crippen LogP contribution in [0.5, 0.6) is 0 Å². The first kappa shape index (κ1) is 22.2. The van der Waals surface area contributed by atoms with Crippen molar-refractivity contribution in [3.63, 3.8) is 0 Å². The quantitative estimate of drug-likeness (QED) is 0.688. The standard InChI is InChI=1S/C21H27ClN2O3S/c1-5-16-10-12-17(13-11-16)15(3)23-21(25)20(6-2)24(28(4,26)27)19-9-7-8-18(22)14-19/h7-15,20H,5-6H2,1-4H3,(H,23,25)/t15-,20+/m1/s1. The largest absolute Gasteiger partial charge is 0.348 e. The van der Waals surface area contributed by atoms with Crippen LogP contribution in [0.2, 0.25) is 5.02 Å². The third-order valence-corrected chi connectivity index (χ3v) is 6.05. The highest BCUT2D eigenvalue weighted by molar-refractivity contribution is 7.92. The average molecular weight is 423 g/mol. The van der Waals surface area contributed by atoms with Crippen molar-refractivity contribution in [1.82, 2.24) is 5.32 Å². The summed E-state index contributed by atoms with van der Waals surface area (Å²) in [5.74, 6) is -0.347. The van der Waals surface area contributed by atoms with Crippen molar-refractivity contribution in [1.29, 1.82) is 0 Å². The predicted molar refractivity (Wildman–Crippen MR) is 115 cm³/mol. The van der Waals surface area contributed by atoms with E-state index in [-0.39, 0.29) is 11.9 Å². The Labute approximate surface area is 172 Å². The maximum absolute atomic E-state index is 13.0. The van der Waals surface area contributed by atoms with Crippen molar-refractivity contribution < 1.29 is 13.2 Å². The highest BCUT2D eigenvalue weighted by Gasteiger charge is 2.32. The number of aryl methyl sites for hydroxylation is 1. The zero-order valence-corrected chi connectivity index (χ0v) is 18.2. The zero-order valence-electron chi connectivity index (χ0n) is 16.6. The van der Waals surface area contributed by atoms with E-state index in [0.29, 0.717) is 17.1 Å². The summed E-state index contributed by atoms with van der Waals surface area (Å²) in [4.78, 5) is 13.0. The van der Waals surface area contributed by atoms with Crippen LogP contribution in [0.4, 0.5) is 5.69 Å². The highest BCUT2D eigenvalue weighted by Crippen LogP contribution is 2.26. The molecule has 28 heavy (non-hydrogen) atoms. The van der Waals surface area contributed by atoms with Crippen LogP contribution in [-0.4, -0.2) is 26.6 Å². The van der Waals surface area contributed by atoms with E-state index >= 15 is 0 Å². The molecular formula is C21H27ClN2O3S. The number of nitrogens with one attached hydrogen (secondary N) is 1. The number of nitrogens with zero attached hydrogens (tertiary/aromatic N) is 1. The highest BCUT2D eigenvalue weighted by atomic mass is 35.5. The Morgan fingerprint density at radius 2 is 1.79 bits per heavy atom. The Balaban J connectivity index is 2.28. The summed E-state index contributed by atoms with van der Waals surface area (Å²) in [7, 11) is -3.69. The van der Waals surface area contributed by atoms with Gasteiger partial charge in [0.25, 0.3) is 0 Å². The SMILES string of the molecule is CCc1ccc([C@@H](C)NC(=O)[C@H](CC)N(c2cccc(Cl)c2)S(C)(=O)=O)cc1. The van der Waals surface area contributed by atoms with Gasteiger partial charge in [-0.3, -0.25) is 9.10 Å². The molecule has 0 fully saturated rings. The molecule has 1 amide bonds. The maximum atomic E-state index is 13.0. The minimum atomic E-state index is -3.69. The molecule has 2 rings (SSSR count). The lowest BCUT2D eigenvalue weighted by atomic mass is 10.0. The van der Waals surface area contributed by atoms with E-state index in [9.17, 15) is 13.2 Å². The first-order valence-electron chi connectivity index (χ1n) is 9.31. The average Bonchev–Trinajstić information content (AvgIpc) is 2.64. The van der Waals surface area contributed by atoms with Gasteiger partial charge in [-0.15, -0.1) is 0 Å². The van der Waals surface area contributed by atoms with Gasteiger partial charge in [-0.25, -0.2) is 8.42 Å². The Morgan fingerprint density at radius 3 is 2.29 bits per heavy atom. The monoisotopic (exact) mass is 422 g/mol. The molecule has 152 valence electrons. The second kappa shape index (κ2) is 9.43. The van der Waals surface area contributed by atoms with Gasteiger partial charge in [-0.05, 0) is 49.1 Å². The van der Waals surface area contributed by atoms with Gasteiger partial charge < -0.3 is 5.32 Å². The molecule has 0 aromatic heterocycles. The number of hydrogen-bond donors (Lipinski definition) is 1. The summed E-state index contributed by atoms with van der Waals surface area (Å²) in [5, 5.41) is 3.35. The summed E-state index contributed by atoms with van der Waals surface area (Å²) >= 11 is 6.03. The van der Waals surface area contributed by atoms with Crippen LogP contribution >= 0.6 is 11.6 Å². The number of carbonyl (C=O) groups is 1. The normalized spacial score (nSPS) is 13.6. The fraction of sp³-hybridized carbons (Fsp3) is 0.381. The van der Waals surface area contributed by atoms with Gasteiger partial charge in [-0.2, -0.15) is 0 Å². The molecule has 2 atom stereocenters. The summed E-state index contributed by atoms with van der Waals surface area (Å²) in [6, 6.07) is 13.4. The van der Waals surface area contributed by atoms with E-state index in [2.05, 4.69) is 12.2 Å². The number of benzene rings is 2. The molecular weight excluding hydrogens is 396 g/mol. The van der Waals surface area contributed by atoms with Gasteiger partial charge in [-0.1, -0.05) is 55.8 Å². The van der Waals surface area contributed by atoms with Crippen molar-refractivity contribution >= 4 is 33.2 Å². The Kier molecular flexibility index (Phi) is 7.49. The minimum absolute atomic E-state index is 0.242. The lowest BCUT2D eigenvalue weighted by Gasteiger charge is -2.31. The van der Waals surface area contributed by atoms with Crippen LogP contribution in [-0.2, 0) is 21.2 Å². The minimum Gasteiger partial charge on any atom is -0.348 e. The second-order valence-corrected chi connectivity index (χ2v) is 9.08. The lowest BCUT2D eigenvalue weighted by Crippen LogP contribution is -2.49. The molecule has 0 aliphatic carbocycles. The molecule has 0 saturated heterocycles. The van der Waals surface area contributed by atoms with Crippen LogP contribution < -0.4 is 9.62 Å². The number of halogens is 1. The van der Waals surface area contributed by atoms with Crippen LogP contribution in [0.25, 0.3) is 0 Å². The Hall–Kier alpha value is -2.05. The predicted octanol–water partition coefficient (Wildman–Crippen LogP) is 4.32. The van der Waals surface area contributed by atoms with Crippen LogP contribution in [0.15, 0.2) is 48.5 Å². The number of rotatable bonds is 8. The summed E-state index contributed by atoms with van der Waals surface area (Å²) in [6.45, 7) is 5.76. The molecule has 0 aliphatic rings. The van der Waals surface area contributed by atoms with E-state index in [1.54, 1.807) is 31.2 Å². The van der Waals surface area contributed by atoms with E-state index in [0.717, 1.165) is 22.5 Å². The van der Waals surface area contributed by atoms with E-state index in [1.165, 1.54) is 5.56 Å². The molecule has 0 saturated carbocycles. The molecule has 2 aromatic carbocycles.